The summed E-state index contributed by atoms with van der Waals surface area (Å²) >= 11 is 0. The number of rotatable bonds is 6. The van der Waals surface area contributed by atoms with Crippen molar-refractivity contribution >= 4 is 17.8 Å². The highest BCUT2D eigenvalue weighted by Crippen LogP contribution is 2.16. The number of amides is 4. The molecule has 0 saturated carbocycles. The first kappa shape index (κ1) is 17.0. The van der Waals surface area contributed by atoms with Crippen LogP contribution in [0.3, 0.4) is 0 Å². The second-order valence-electron chi connectivity index (χ2n) is 5.88. The molecule has 0 aliphatic carbocycles. The Hall–Kier alpha value is -2.38. The first-order valence-corrected chi connectivity index (χ1v) is 7.64. The number of imide groups is 1. The molecule has 1 aromatic rings. The van der Waals surface area contributed by atoms with E-state index in [1.54, 1.807) is 0 Å². The van der Waals surface area contributed by atoms with Gasteiger partial charge in [0.2, 0.25) is 5.91 Å². The van der Waals surface area contributed by atoms with E-state index in [1.165, 1.54) is 24.6 Å². The standard InChI is InChI=1S/C15H23N5O3/c1-9-11(10(2)18-17-9)6-5-7-16-13(21)8-12-14(22)20(4)15(23)19(12)3/h12H,5-8H2,1-4H3,(H,16,21)(H,17,18)/t12-/m1/s1. The zero-order chi connectivity index (χ0) is 17.1. The van der Waals surface area contributed by atoms with Crippen molar-refractivity contribution in [3.05, 3.63) is 17.0 Å². The average Bonchev–Trinajstić information content (AvgIpc) is 2.92. The Kier molecular flexibility index (Phi) is 5.02. The van der Waals surface area contributed by atoms with Crippen molar-refractivity contribution in [1.82, 2.24) is 25.3 Å². The number of carbonyl (C=O) groups excluding carboxylic acids is 3. The number of hydrogen-bond acceptors (Lipinski definition) is 4. The molecule has 0 unspecified atom stereocenters. The third-order valence-electron chi connectivity index (χ3n) is 4.26. The molecular formula is C15H23N5O3. The van der Waals surface area contributed by atoms with Gasteiger partial charge in [0, 0.05) is 26.3 Å². The van der Waals surface area contributed by atoms with Gasteiger partial charge in [-0.3, -0.25) is 19.6 Å². The third-order valence-corrected chi connectivity index (χ3v) is 4.26. The fourth-order valence-corrected chi connectivity index (χ4v) is 2.76. The van der Waals surface area contributed by atoms with Gasteiger partial charge in [0.1, 0.15) is 6.04 Å². The van der Waals surface area contributed by atoms with Crippen molar-refractivity contribution in [2.75, 3.05) is 20.6 Å². The summed E-state index contributed by atoms with van der Waals surface area (Å²) in [5.74, 6) is -0.559. The number of aromatic amines is 1. The maximum absolute atomic E-state index is 12.0. The van der Waals surface area contributed by atoms with Gasteiger partial charge in [-0.25, -0.2) is 4.79 Å². The minimum atomic E-state index is -0.703. The van der Waals surface area contributed by atoms with Crippen LogP contribution in [0.15, 0.2) is 0 Å². The number of carbonyl (C=O) groups is 3. The summed E-state index contributed by atoms with van der Waals surface area (Å²) in [6.45, 7) is 4.45. The van der Waals surface area contributed by atoms with Gasteiger partial charge in [-0.1, -0.05) is 0 Å². The van der Waals surface area contributed by atoms with Crippen molar-refractivity contribution < 1.29 is 14.4 Å². The first-order valence-electron chi connectivity index (χ1n) is 7.64. The molecular weight excluding hydrogens is 298 g/mol. The number of likely N-dealkylation sites (N-methyl/N-ethyl adjacent to an activating group) is 2. The van der Waals surface area contributed by atoms with E-state index in [0.29, 0.717) is 6.54 Å². The molecule has 23 heavy (non-hydrogen) atoms. The summed E-state index contributed by atoms with van der Waals surface area (Å²) in [7, 11) is 2.96. The van der Waals surface area contributed by atoms with Crippen molar-refractivity contribution in [1.29, 1.82) is 0 Å². The van der Waals surface area contributed by atoms with Crippen molar-refractivity contribution in [3.8, 4) is 0 Å². The van der Waals surface area contributed by atoms with E-state index in [9.17, 15) is 14.4 Å². The van der Waals surface area contributed by atoms with Crippen LogP contribution >= 0.6 is 0 Å². The van der Waals surface area contributed by atoms with Gasteiger partial charge in [0.05, 0.1) is 12.1 Å². The van der Waals surface area contributed by atoms with Crippen LogP contribution in [0.4, 0.5) is 4.79 Å². The summed E-state index contributed by atoms with van der Waals surface area (Å²) < 4.78 is 0. The van der Waals surface area contributed by atoms with E-state index in [4.69, 9.17) is 0 Å². The quantitative estimate of drug-likeness (QED) is 0.584. The molecule has 1 aliphatic rings. The van der Waals surface area contributed by atoms with Crippen LogP contribution in [0.5, 0.6) is 0 Å². The van der Waals surface area contributed by atoms with E-state index in [2.05, 4.69) is 15.5 Å². The first-order chi connectivity index (χ1) is 10.8. The van der Waals surface area contributed by atoms with E-state index < -0.39 is 6.04 Å². The number of urea groups is 1. The van der Waals surface area contributed by atoms with Gasteiger partial charge in [-0.05, 0) is 32.3 Å². The summed E-state index contributed by atoms with van der Waals surface area (Å²) in [6.07, 6.45) is 1.62. The topological polar surface area (TPSA) is 98.4 Å². The van der Waals surface area contributed by atoms with Gasteiger partial charge in [-0.2, -0.15) is 5.10 Å². The van der Waals surface area contributed by atoms with Crippen molar-refractivity contribution in [2.24, 2.45) is 0 Å². The molecule has 0 aromatic carbocycles. The molecule has 2 heterocycles. The maximum atomic E-state index is 12.0. The largest absolute Gasteiger partial charge is 0.356 e. The van der Waals surface area contributed by atoms with Crippen LogP contribution in [0.25, 0.3) is 0 Å². The highest BCUT2D eigenvalue weighted by atomic mass is 16.2. The van der Waals surface area contributed by atoms with Crippen LogP contribution in [0.2, 0.25) is 0 Å². The molecule has 2 rings (SSSR count). The summed E-state index contributed by atoms with van der Waals surface area (Å²) in [5.41, 5.74) is 3.21. The Morgan fingerprint density at radius 2 is 2.00 bits per heavy atom. The Morgan fingerprint density at radius 1 is 1.30 bits per heavy atom. The molecule has 2 N–H and O–H groups in total. The highest BCUT2D eigenvalue weighted by molar-refractivity contribution is 6.05. The molecule has 1 aromatic heterocycles. The molecule has 0 spiro atoms. The molecule has 4 amide bonds. The lowest BCUT2D eigenvalue weighted by atomic mass is 10.1. The lowest BCUT2D eigenvalue weighted by molar-refractivity contribution is -0.131. The molecule has 126 valence electrons. The second kappa shape index (κ2) is 6.80. The van der Waals surface area contributed by atoms with Crippen LogP contribution in [-0.2, 0) is 16.0 Å². The van der Waals surface area contributed by atoms with Gasteiger partial charge in [-0.15, -0.1) is 0 Å². The number of aromatic nitrogens is 2. The predicted molar refractivity (Wildman–Crippen MR) is 83.7 cm³/mol. The van der Waals surface area contributed by atoms with Crippen molar-refractivity contribution in [2.45, 2.75) is 39.2 Å². The van der Waals surface area contributed by atoms with E-state index in [-0.39, 0.29) is 24.3 Å². The summed E-state index contributed by atoms with van der Waals surface area (Å²) in [4.78, 5) is 37.9. The van der Waals surface area contributed by atoms with Gasteiger partial charge >= 0.3 is 6.03 Å². The monoisotopic (exact) mass is 321 g/mol. The Bertz CT molecular complexity index is 605. The fraction of sp³-hybridized carbons (Fsp3) is 0.600. The molecule has 8 nitrogen and oxygen atoms in total. The van der Waals surface area contributed by atoms with Gasteiger partial charge in [0.15, 0.2) is 0 Å². The van der Waals surface area contributed by atoms with Crippen molar-refractivity contribution in [3.63, 3.8) is 0 Å². The van der Waals surface area contributed by atoms with Gasteiger partial charge < -0.3 is 10.2 Å². The smallest absolute Gasteiger partial charge is 0.326 e. The Labute approximate surface area is 135 Å². The zero-order valence-corrected chi connectivity index (χ0v) is 14.0. The molecule has 0 bridgehead atoms. The fourth-order valence-electron chi connectivity index (χ4n) is 2.76. The number of H-pyrrole nitrogens is 1. The Balaban J connectivity index is 1.76. The molecule has 1 atom stereocenters. The number of nitrogens with one attached hydrogen (secondary N) is 2. The number of aryl methyl sites for hydroxylation is 2. The van der Waals surface area contributed by atoms with Crippen LogP contribution in [0.1, 0.15) is 29.8 Å². The molecule has 1 saturated heterocycles. The summed E-state index contributed by atoms with van der Waals surface area (Å²) in [6, 6.07) is -1.08. The van der Waals surface area contributed by atoms with E-state index in [1.807, 2.05) is 13.8 Å². The highest BCUT2D eigenvalue weighted by Gasteiger charge is 2.41. The zero-order valence-electron chi connectivity index (χ0n) is 14.0. The van der Waals surface area contributed by atoms with Crippen LogP contribution in [-0.4, -0.2) is 64.5 Å². The molecule has 0 radical (unpaired) electrons. The third kappa shape index (κ3) is 3.52. The predicted octanol–water partition coefficient (Wildman–Crippen LogP) is 0.358. The van der Waals surface area contributed by atoms with E-state index >= 15 is 0 Å². The molecule has 8 heteroatoms. The number of hydrogen-bond donors (Lipinski definition) is 2. The SMILES string of the molecule is Cc1n[nH]c(C)c1CCCNC(=O)C[C@@H]1C(=O)N(C)C(=O)N1C. The minimum Gasteiger partial charge on any atom is -0.356 e. The van der Waals surface area contributed by atoms with Crippen LogP contribution in [0, 0.1) is 13.8 Å². The Morgan fingerprint density at radius 3 is 2.52 bits per heavy atom. The van der Waals surface area contributed by atoms with Gasteiger partial charge in [0.25, 0.3) is 5.91 Å². The van der Waals surface area contributed by atoms with E-state index in [0.717, 1.165) is 29.1 Å². The second-order valence-corrected chi connectivity index (χ2v) is 5.88. The lowest BCUT2D eigenvalue weighted by Crippen LogP contribution is -2.37. The number of nitrogens with zero attached hydrogens (tertiary/aromatic N) is 3. The normalized spacial score (nSPS) is 18.0. The minimum absolute atomic E-state index is 0.00478. The maximum Gasteiger partial charge on any atom is 0.326 e. The average molecular weight is 321 g/mol. The van der Waals surface area contributed by atoms with Crippen LogP contribution < -0.4 is 5.32 Å². The molecule has 1 fully saturated rings. The summed E-state index contributed by atoms with van der Waals surface area (Å²) in [5, 5.41) is 9.88. The molecule has 1 aliphatic heterocycles. The lowest BCUT2D eigenvalue weighted by Gasteiger charge is -2.15.